The molecule has 0 aliphatic carbocycles. The van der Waals surface area contributed by atoms with E-state index in [-0.39, 0.29) is 18.1 Å². The lowest BCUT2D eigenvalue weighted by molar-refractivity contribution is 0.0511. The maximum absolute atomic E-state index is 13.0. The van der Waals surface area contributed by atoms with E-state index in [0.29, 0.717) is 29.0 Å². The van der Waals surface area contributed by atoms with Crippen LogP contribution in [0.4, 0.5) is 5.82 Å². The number of anilines is 1. The number of nitrogens with zero attached hydrogens (tertiary/aromatic N) is 4. The Morgan fingerprint density at radius 3 is 2.38 bits per heavy atom. The van der Waals surface area contributed by atoms with Crippen molar-refractivity contribution in [3.05, 3.63) is 99.6 Å². The van der Waals surface area contributed by atoms with Crippen molar-refractivity contribution in [2.24, 2.45) is 0 Å². The molecule has 37 heavy (non-hydrogen) atoms. The fourth-order valence-corrected chi connectivity index (χ4v) is 4.29. The first-order valence-electron chi connectivity index (χ1n) is 12.1. The van der Waals surface area contributed by atoms with Crippen molar-refractivity contribution in [3.8, 4) is 11.4 Å². The van der Waals surface area contributed by atoms with Crippen LogP contribution in [0.15, 0.2) is 71.5 Å². The van der Waals surface area contributed by atoms with Crippen LogP contribution in [0.5, 0.6) is 0 Å². The zero-order valence-corrected chi connectivity index (χ0v) is 20.9. The number of carbonyl (C=O) groups is 1. The molecule has 0 bridgehead atoms. The lowest BCUT2D eigenvalue weighted by Gasteiger charge is -2.08. The summed E-state index contributed by atoms with van der Waals surface area (Å²) in [6.45, 7) is 6.11. The highest BCUT2D eigenvalue weighted by atomic mass is 16.5. The summed E-state index contributed by atoms with van der Waals surface area (Å²) in [7, 11) is 0. The van der Waals surface area contributed by atoms with Gasteiger partial charge >= 0.3 is 5.97 Å². The number of ether oxygens (including phenoxy) is 1. The number of aromatic amines is 1. The van der Waals surface area contributed by atoms with E-state index in [4.69, 9.17) is 10.5 Å². The standard InChI is InChI=1S/C28H28N6O3/c1-17(2)23-16-24(29)33(32-23)21-11-9-19(10-12-21)13-14-37-28(36)22-15-25(35)30-27-26(22)18(3)31-34(27)20-7-5-4-6-8-20/h4-12,15-17H,13-14,29H2,1-3H3,(H,30,35). The van der Waals surface area contributed by atoms with Gasteiger partial charge in [0.15, 0.2) is 0 Å². The Labute approximate surface area is 213 Å². The second-order valence-corrected chi connectivity index (χ2v) is 9.22. The minimum absolute atomic E-state index is 0.166. The van der Waals surface area contributed by atoms with Crippen molar-refractivity contribution in [2.45, 2.75) is 33.1 Å². The van der Waals surface area contributed by atoms with Crippen LogP contribution in [0.1, 0.15) is 47.1 Å². The van der Waals surface area contributed by atoms with E-state index >= 15 is 0 Å². The predicted molar refractivity (Wildman–Crippen MR) is 142 cm³/mol. The average molecular weight is 497 g/mol. The molecule has 9 heteroatoms. The molecule has 2 aromatic carbocycles. The second kappa shape index (κ2) is 9.77. The van der Waals surface area contributed by atoms with Gasteiger partial charge in [0.05, 0.1) is 40.3 Å². The van der Waals surface area contributed by atoms with Crippen LogP contribution in [0.25, 0.3) is 22.4 Å². The Bertz CT molecular complexity index is 1630. The molecule has 0 amide bonds. The van der Waals surface area contributed by atoms with Gasteiger partial charge in [-0.3, -0.25) is 4.79 Å². The third kappa shape index (κ3) is 4.75. The van der Waals surface area contributed by atoms with Crippen molar-refractivity contribution in [1.82, 2.24) is 24.5 Å². The van der Waals surface area contributed by atoms with Gasteiger partial charge in [-0.15, -0.1) is 0 Å². The van der Waals surface area contributed by atoms with Gasteiger partial charge in [-0.2, -0.15) is 10.2 Å². The number of H-pyrrole nitrogens is 1. The van der Waals surface area contributed by atoms with Crippen molar-refractivity contribution in [1.29, 1.82) is 0 Å². The van der Waals surface area contributed by atoms with Gasteiger partial charge in [0.1, 0.15) is 11.5 Å². The van der Waals surface area contributed by atoms with Gasteiger partial charge in [-0.1, -0.05) is 44.2 Å². The molecular formula is C28H28N6O3. The number of para-hydroxylation sites is 1. The number of hydrogen-bond donors (Lipinski definition) is 2. The lowest BCUT2D eigenvalue weighted by Crippen LogP contribution is -2.15. The molecule has 0 unspecified atom stereocenters. The molecule has 0 aliphatic rings. The Balaban J connectivity index is 1.31. The molecule has 3 heterocycles. The van der Waals surface area contributed by atoms with Crippen LogP contribution in [0.2, 0.25) is 0 Å². The summed E-state index contributed by atoms with van der Waals surface area (Å²) >= 11 is 0. The number of aryl methyl sites for hydroxylation is 1. The first kappa shape index (κ1) is 24.1. The van der Waals surface area contributed by atoms with Gasteiger partial charge in [-0.05, 0) is 42.7 Å². The van der Waals surface area contributed by atoms with Crippen LogP contribution in [-0.2, 0) is 11.2 Å². The molecule has 0 aliphatic heterocycles. The van der Waals surface area contributed by atoms with E-state index < -0.39 is 11.5 Å². The number of nitrogen functional groups attached to an aromatic ring is 1. The minimum atomic E-state index is -0.561. The van der Waals surface area contributed by atoms with E-state index in [9.17, 15) is 9.59 Å². The number of nitrogens with two attached hydrogens (primary N) is 1. The Hall–Kier alpha value is -4.66. The smallest absolute Gasteiger partial charge is 0.339 e. The van der Waals surface area contributed by atoms with E-state index in [0.717, 1.165) is 22.6 Å². The molecule has 9 nitrogen and oxygen atoms in total. The number of nitrogens with one attached hydrogen (secondary N) is 1. The number of fused-ring (bicyclic) bond motifs is 1. The first-order chi connectivity index (χ1) is 17.8. The van der Waals surface area contributed by atoms with E-state index in [1.54, 1.807) is 16.3 Å². The average Bonchev–Trinajstić information content (AvgIpc) is 3.44. The fraction of sp³-hybridized carbons (Fsp3) is 0.214. The summed E-state index contributed by atoms with van der Waals surface area (Å²) in [5.74, 6) is 0.310. The zero-order valence-electron chi connectivity index (χ0n) is 20.9. The molecule has 0 fully saturated rings. The summed E-state index contributed by atoms with van der Waals surface area (Å²) in [5, 5.41) is 9.69. The van der Waals surface area contributed by atoms with Gasteiger partial charge < -0.3 is 15.5 Å². The number of esters is 1. The van der Waals surface area contributed by atoms with Crippen molar-refractivity contribution < 1.29 is 9.53 Å². The summed E-state index contributed by atoms with van der Waals surface area (Å²) in [4.78, 5) is 28.2. The molecule has 188 valence electrons. The Kier molecular flexibility index (Phi) is 6.35. The molecule has 0 saturated carbocycles. The fourth-order valence-electron chi connectivity index (χ4n) is 4.29. The molecule has 5 aromatic rings. The number of hydrogen-bond acceptors (Lipinski definition) is 6. The van der Waals surface area contributed by atoms with Crippen LogP contribution in [0.3, 0.4) is 0 Å². The quantitative estimate of drug-likeness (QED) is 0.324. The van der Waals surface area contributed by atoms with E-state index in [1.807, 2.05) is 60.7 Å². The molecule has 0 spiro atoms. The Morgan fingerprint density at radius 1 is 1.00 bits per heavy atom. The van der Waals surface area contributed by atoms with Crippen LogP contribution >= 0.6 is 0 Å². The molecule has 0 atom stereocenters. The number of pyridine rings is 1. The molecule has 0 saturated heterocycles. The van der Waals surface area contributed by atoms with Gasteiger partial charge in [-0.25, -0.2) is 14.2 Å². The Morgan fingerprint density at radius 2 is 1.70 bits per heavy atom. The summed E-state index contributed by atoms with van der Waals surface area (Å²) in [6.07, 6.45) is 0.520. The summed E-state index contributed by atoms with van der Waals surface area (Å²) in [6, 6.07) is 20.4. The van der Waals surface area contributed by atoms with E-state index in [2.05, 4.69) is 29.0 Å². The maximum Gasteiger partial charge on any atom is 0.339 e. The SMILES string of the molecule is Cc1nn(-c2ccccc2)c2[nH]c(=O)cc(C(=O)OCCc3ccc(-n4nc(C(C)C)cc4N)cc3)c12. The minimum Gasteiger partial charge on any atom is -0.462 e. The third-order valence-electron chi connectivity index (χ3n) is 6.22. The van der Waals surface area contributed by atoms with E-state index in [1.165, 1.54) is 6.07 Å². The topological polar surface area (TPSA) is 121 Å². The van der Waals surface area contributed by atoms with Crippen LogP contribution in [0, 0.1) is 6.92 Å². The van der Waals surface area contributed by atoms with Crippen molar-refractivity contribution in [3.63, 3.8) is 0 Å². The molecule has 3 aromatic heterocycles. The van der Waals surface area contributed by atoms with Gasteiger partial charge in [0.2, 0.25) is 5.56 Å². The molecule has 5 rings (SSSR count). The number of carbonyl (C=O) groups excluding carboxylic acids is 1. The summed E-state index contributed by atoms with van der Waals surface area (Å²) in [5.41, 5.74) is 10.6. The molecule has 0 radical (unpaired) electrons. The van der Waals surface area contributed by atoms with Crippen molar-refractivity contribution >= 4 is 22.8 Å². The number of benzene rings is 2. The monoisotopic (exact) mass is 496 g/mol. The molecular weight excluding hydrogens is 468 g/mol. The third-order valence-corrected chi connectivity index (χ3v) is 6.22. The first-order valence-corrected chi connectivity index (χ1v) is 12.1. The highest BCUT2D eigenvalue weighted by Gasteiger charge is 2.20. The number of rotatable bonds is 7. The second-order valence-electron chi connectivity index (χ2n) is 9.22. The predicted octanol–water partition coefficient (Wildman–Crippen LogP) is 4.31. The summed E-state index contributed by atoms with van der Waals surface area (Å²) < 4.78 is 8.91. The van der Waals surface area contributed by atoms with Crippen LogP contribution in [-0.4, -0.2) is 37.1 Å². The van der Waals surface area contributed by atoms with Crippen molar-refractivity contribution in [2.75, 3.05) is 12.3 Å². The number of aromatic nitrogens is 5. The zero-order chi connectivity index (χ0) is 26.1. The highest BCUT2D eigenvalue weighted by molar-refractivity contribution is 6.03. The largest absolute Gasteiger partial charge is 0.462 e. The van der Waals surface area contributed by atoms with Gasteiger partial charge in [0.25, 0.3) is 0 Å². The normalized spacial score (nSPS) is 11.4. The molecule has 3 N–H and O–H groups in total. The van der Waals surface area contributed by atoms with Crippen LogP contribution < -0.4 is 11.3 Å². The highest BCUT2D eigenvalue weighted by Crippen LogP contribution is 2.23. The lowest BCUT2D eigenvalue weighted by atomic mass is 10.1. The maximum atomic E-state index is 13.0. The van der Waals surface area contributed by atoms with Gasteiger partial charge in [0, 0.05) is 18.6 Å².